The van der Waals surface area contributed by atoms with Gasteiger partial charge in [-0.1, -0.05) is 32.0 Å². The smallest absolute Gasteiger partial charge is 0.317 e. The first kappa shape index (κ1) is 16.5. The van der Waals surface area contributed by atoms with E-state index in [1.54, 1.807) is 19.1 Å². The van der Waals surface area contributed by atoms with Crippen molar-refractivity contribution < 1.29 is 19.1 Å². The molecule has 120 valence electrons. The molecule has 1 aliphatic carbocycles. The second-order valence-electron chi connectivity index (χ2n) is 6.60. The molecule has 1 aliphatic rings. The molecule has 0 spiro atoms. The predicted molar refractivity (Wildman–Crippen MR) is 83.3 cm³/mol. The van der Waals surface area contributed by atoms with Gasteiger partial charge in [0.15, 0.2) is 0 Å². The van der Waals surface area contributed by atoms with Crippen molar-refractivity contribution in [3.63, 3.8) is 0 Å². The number of carbonyl (C=O) groups excluding carboxylic acids is 2. The Hall–Kier alpha value is -1.84. The van der Waals surface area contributed by atoms with Gasteiger partial charge in [0.2, 0.25) is 0 Å². The molecule has 0 aliphatic heterocycles. The van der Waals surface area contributed by atoms with E-state index in [1.165, 1.54) is 0 Å². The number of carbonyl (C=O) groups is 2. The molecule has 0 heterocycles. The molecule has 0 bridgehead atoms. The topological polar surface area (TPSA) is 52.6 Å². The number of esters is 2. The standard InChI is InChI=1S/C18H24O4/c1-5-21-15(19)14-11-12-18(4,17(14,2)3)16(20)22-13-9-7-6-8-10-13/h6-10,14H,5,11-12H2,1-4H3/t14-,18-/m1/s1. The van der Waals surface area contributed by atoms with Gasteiger partial charge in [0, 0.05) is 0 Å². The van der Waals surface area contributed by atoms with E-state index >= 15 is 0 Å². The van der Waals surface area contributed by atoms with Crippen molar-refractivity contribution in [1.29, 1.82) is 0 Å². The zero-order chi connectivity index (χ0) is 16.4. The minimum Gasteiger partial charge on any atom is -0.466 e. The van der Waals surface area contributed by atoms with Gasteiger partial charge in [0.25, 0.3) is 0 Å². The highest BCUT2D eigenvalue weighted by molar-refractivity contribution is 5.83. The number of benzene rings is 1. The second kappa shape index (κ2) is 6.11. The zero-order valence-electron chi connectivity index (χ0n) is 13.7. The average Bonchev–Trinajstić information content (AvgIpc) is 2.72. The molecule has 2 atom stereocenters. The summed E-state index contributed by atoms with van der Waals surface area (Å²) >= 11 is 0. The lowest BCUT2D eigenvalue weighted by Gasteiger charge is -2.38. The average molecular weight is 304 g/mol. The Labute approximate surface area is 131 Å². The van der Waals surface area contributed by atoms with Crippen LogP contribution in [0.5, 0.6) is 5.75 Å². The largest absolute Gasteiger partial charge is 0.466 e. The van der Waals surface area contributed by atoms with Crippen LogP contribution >= 0.6 is 0 Å². The highest BCUT2D eigenvalue weighted by Crippen LogP contribution is 2.56. The highest BCUT2D eigenvalue weighted by Gasteiger charge is 2.59. The summed E-state index contributed by atoms with van der Waals surface area (Å²) in [4.78, 5) is 24.9. The van der Waals surface area contributed by atoms with E-state index in [0.717, 1.165) is 0 Å². The first-order valence-electron chi connectivity index (χ1n) is 7.77. The third kappa shape index (κ3) is 2.74. The van der Waals surface area contributed by atoms with Crippen LogP contribution in [-0.4, -0.2) is 18.5 Å². The Kier molecular flexibility index (Phi) is 4.59. The molecule has 22 heavy (non-hydrogen) atoms. The minimum absolute atomic E-state index is 0.219. The normalized spacial score (nSPS) is 26.5. The number of rotatable bonds is 4. The van der Waals surface area contributed by atoms with E-state index in [2.05, 4.69) is 0 Å². The first-order valence-corrected chi connectivity index (χ1v) is 7.77. The summed E-state index contributed by atoms with van der Waals surface area (Å²) in [7, 11) is 0. The maximum atomic E-state index is 12.7. The fourth-order valence-electron chi connectivity index (χ4n) is 3.23. The Morgan fingerprint density at radius 3 is 2.41 bits per heavy atom. The maximum Gasteiger partial charge on any atom is 0.317 e. The molecule has 4 heteroatoms. The fourth-order valence-corrected chi connectivity index (χ4v) is 3.23. The van der Waals surface area contributed by atoms with Crippen LogP contribution in [0.3, 0.4) is 0 Å². The molecule has 0 unspecified atom stereocenters. The van der Waals surface area contributed by atoms with Crippen LogP contribution in [0.25, 0.3) is 0 Å². The molecular weight excluding hydrogens is 280 g/mol. The van der Waals surface area contributed by atoms with Crippen molar-refractivity contribution in [2.24, 2.45) is 16.7 Å². The van der Waals surface area contributed by atoms with Crippen LogP contribution in [0, 0.1) is 16.7 Å². The van der Waals surface area contributed by atoms with Gasteiger partial charge in [-0.15, -0.1) is 0 Å². The van der Waals surface area contributed by atoms with Gasteiger partial charge in [0.1, 0.15) is 5.75 Å². The van der Waals surface area contributed by atoms with Gasteiger partial charge in [0.05, 0.1) is 17.9 Å². The molecule has 1 fully saturated rings. The number of hydrogen-bond acceptors (Lipinski definition) is 4. The van der Waals surface area contributed by atoms with E-state index < -0.39 is 10.8 Å². The third-order valence-corrected chi connectivity index (χ3v) is 5.20. The van der Waals surface area contributed by atoms with E-state index in [0.29, 0.717) is 25.2 Å². The summed E-state index contributed by atoms with van der Waals surface area (Å²) in [5.74, 6) is -0.246. The van der Waals surface area contributed by atoms with Crippen LogP contribution in [0.2, 0.25) is 0 Å². The van der Waals surface area contributed by atoms with Crippen LogP contribution < -0.4 is 4.74 Å². The number of para-hydroxylation sites is 1. The third-order valence-electron chi connectivity index (χ3n) is 5.20. The summed E-state index contributed by atoms with van der Waals surface area (Å²) in [6.07, 6.45) is 1.27. The van der Waals surface area contributed by atoms with Gasteiger partial charge in [-0.05, 0) is 44.2 Å². The van der Waals surface area contributed by atoms with Crippen LogP contribution in [0.15, 0.2) is 30.3 Å². The van der Waals surface area contributed by atoms with Crippen molar-refractivity contribution in [2.45, 2.75) is 40.5 Å². The quantitative estimate of drug-likeness (QED) is 0.630. The summed E-state index contributed by atoms with van der Waals surface area (Å²) in [5.41, 5.74) is -1.22. The number of hydrogen-bond donors (Lipinski definition) is 0. The Morgan fingerprint density at radius 2 is 1.82 bits per heavy atom. The molecule has 0 saturated heterocycles. The summed E-state index contributed by atoms with van der Waals surface area (Å²) in [6.45, 7) is 7.94. The monoisotopic (exact) mass is 304 g/mol. The van der Waals surface area contributed by atoms with Gasteiger partial charge < -0.3 is 9.47 Å². The molecule has 0 amide bonds. The van der Waals surface area contributed by atoms with E-state index in [9.17, 15) is 9.59 Å². The molecule has 2 rings (SSSR count). The predicted octanol–water partition coefficient (Wildman–Crippen LogP) is 3.60. The van der Waals surface area contributed by atoms with Gasteiger partial charge >= 0.3 is 11.9 Å². The van der Waals surface area contributed by atoms with Crippen molar-refractivity contribution in [1.82, 2.24) is 0 Å². The molecule has 0 N–H and O–H groups in total. The molecular formula is C18H24O4. The molecule has 1 aromatic carbocycles. The van der Waals surface area contributed by atoms with Crippen molar-refractivity contribution >= 4 is 11.9 Å². The molecule has 0 aromatic heterocycles. The molecule has 1 saturated carbocycles. The Morgan fingerprint density at radius 1 is 1.18 bits per heavy atom. The lowest BCUT2D eigenvalue weighted by Crippen LogP contribution is -2.45. The summed E-state index contributed by atoms with van der Waals surface area (Å²) in [5, 5.41) is 0. The van der Waals surface area contributed by atoms with Crippen molar-refractivity contribution in [3.8, 4) is 5.75 Å². The number of ether oxygens (including phenoxy) is 2. The summed E-state index contributed by atoms with van der Waals surface area (Å²) in [6, 6.07) is 9.03. The summed E-state index contributed by atoms with van der Waals surface area (Å²) < 4.78 is 10.7. The Balaban J connectivity index is 2.19. The lowest BCUT2D eigenvalue weighted by molar-refractivity contribution is -0.158. The van der Waals surface area contributed by atoms with Gasteiger partial charge in [-0.3, -0.25) is 9.59 Å². The second-order valence-corrected chi connectivity index (χ2v) is 6.60. The Bertz CT molecular complexity index is 549. The molecule has 4 nitrogen and oxygen atoms in total. The first-order chi connectivity index (χ1) is 10.3. The minimum atomic E-state index is -0.708. The maximum absolute atomic E-state index is 12.7. The molecule has 0 radical (unpaired) electrons. The van der Waals surface area contributed by atoms with Crippen LogP contribution in [-0.2, 0) is 14.3 Å². The lowest BCUT2D eigenvalue weighted by atomic mass is 9.65. The molecule has 1 aromatic rings. The van der Waals surface area contributed by atoms with Crippen molar-refractivity contribution in [2.75, 3.05) is 6.61 Å². The van der Waals surface area contributed by atoms with E-state index in [4.69, 9.17) is 9.47 Å². The van der Waals surface area contributed by atoms with Gasteiger partial charge in [-0.25, -0.2) is 0 Å². The van der Waals surface area contributed by atoms with Crippen LogP contribution in [0.4, 0.5) is 0 Å². The van der Waals surface area contributed by atoms with Crippen LogP contribution in [0.1, 0.15) is 40.5 Å². The zero-order valence-corrected chi connectivity index (χ0v) is 13.7. The fraction of sp³-hybridized carbons (Fsp3) is 0.556. The highest BCUT2D eigenvalue weighted by atomic mass is 16.5. The van der Waals surface area contributed by atoms with Crippen molar-refractivity contribution in [3.05, 3.63) is 30.3 Å². The van der Waals surface area contributed by atoms with E-state index in [-0.39, 0.29) is 17.9 Å². The van der Waals surface area contributed by atoms with E-state index in [1.807, 2.05) is 39.0 Å². The SMILES string of the molecule is CCOC(=O)[C@H]1CC[C@](C)(C(=O)Oc2ccccc2)C1(C)C. The van der Waals surface area contributed by atoms with Gasteiger partial charge in [-0.2, -0.15) is 0 Å².